The third-order valence-electron chi connectivity index (χ3n) is 0.952. The maximum Gasteiger partial charge on any atom is 0.343 e. The minimum absolute atomic E-state index is 0.105. The number of carbonyl (C=O) groups is 1. The molecule has 0 heterocycles. The van der Waals surface area contributed by atoms with Gasteiger partial charge in [-0.3, -0.25) is 5.41 Å². The molecule has 11 heavy (non-hydrogen) atoms. The number of carbonyl (C=O) groups excluding carboxylic acids is 1. The third kappa shape index (κ3) is 2.70. The van der Waals surface area contributed by atoms with Gasteiger partial charge in [-0.05, 0) is 6.92 Å². The van der Waals surface area contributed by atoms with Gasteiger partial charge in [0, 0.05) is 6.20 Å². The highest BCUT2D eigenvalue weighted by atomic mass is 16.5. The normalized spacial score (nSPS) is 10.8. The molecule has 0 bridgehead atoms. The molecule has 0 radical (unpaired) electrons. The lowest BCUT2D eigenvalue weighted by Crippen LogP contribution is -2.22. The van der Waals surface area contributed by atoms with Gasteiger partial charge in [0.25, 0.3) is 0 Å². The van der Waals surface area contributed by atoms with E-state index in [-0.39, 0.29) is 18.0 Å². The molecule has 0 atom stereocenters. The molecule has 0 aliphatic carbocycles. The van der Waals surface area contributed by atoms with E-state index in [1.54, 1.807) is 6.92 Å². The number of nitrogens with one attached hydrogen (secondary N) is 1. The van der Waals surface area contributed by atoms with Crippen LogP contribution in [-0.4, -0.2) is 18.4 Å². The lowest BCUT2D eigenvalue weighted by atomic mass is 10.3. The van der Waals surface area contributed by atoms with Crippen molar-refractivity contribution in [1.82, 2.24) is 0 Å². The van der Waals surface area contributed by atoms with Gasteiger partial charge in [-0.2, -0.15) is 0 Å². The Kier molecular flexibility index (Phi) is 3.72. The standard InChI is InChI=1S/C6H11N3O2/c1-2-11-6(10)4(3-7)5(8)9/h3H,2,7H2,1H3,(H3,8,9)/b4-3+. The maximum absolute atomic E-state index is 10.8. The van der Waals surface area contributed by atoms with Crippen molar-refractivity contribution in [3.63, 3.8) is 0 Å². The van der Waals surface area contributed by atoms with Crippen LogP contribution < -0.4 is 11.5 Å². The second-order valence-corrected chi connectivity index (χ2v) is 1.71. The SMILES string of the molecule is CCOC(=O)/C(=C/N)C(=N)N. The summed E-state index contributed by atoms with van der Waals surface area (Å²) < 4.78 is 4.55. The van der Waals surface area contributed by atoms with E-state index in [1.165, 1.54) is 0 Å². The first-order chi connectivity index (χ1) is 5.13. The Hall–Kier alpha value is -1.52. The van der Waals surface area contributed by atoms with Crippen molar-refractivity contribution in [2.45, 2.75) is 6.92 Å². The van der Waals surface area contributed by atoms with Crippen LogP contribution in [-0.2, 0) is 9.53 Å². The number of amidine groups is 1. The van der Waals surface area contributed by atoms with Crippen LogP contribution in [0, 0.1) is 5.41 Å². The van der Waals surface area contributed by atoms with Crippen molar-refractivity contribution < 1.29 is 9.53 Å². The van der Waals surface area contributed by atoms with E-state index < -0.39 is 5.97 Å². The summed E-state index contributed by atoms with van der Waals surface area (Å²) in [5.74, 6) is -1.05. The lowest BCUT2D eigenvalue weighted by molar-refractivity contribution is -0.137. The first-order valence-electron chi connectivity index (χ1n) is 3.06. The highest BCUT2D eigenvalue weighted by Crippen LogP contribution is 1.94. The lowest BCUT2D eigenvalue weighted by Gasteiger charge is -2.02. The molecule has 0 saturated carbocycles. The molecule has 0 aromatic carbocycles. The van der Waals surface area contributed by atoms with Crippen LogP contribution >= 0.6 is 0 Å². The van der Waals surface area contributed by atoms with E-state index in [1.807, 2.05) is 0 Å². The van der Waals surface area contributed by atoms with Crippen LogP contribution in [0.25, 0.3) is 0 Å². The molecule has 0 aliphatic heterocycles. The summed E-state index contributed by atoms with van der Waals surface area (Å²) in [6, 6.07) is 0. The van der Waals surface area contributed by atoms with Crippen molar-refractivity contribution in [2.75, 3.05) is 6.61 Å². The summed E-state index contributed by atoms with van der Waals surface area (Å²) in [4.78, 5) is 10.8. The fourth-order valence-electron chi connectivity index (χ4n) is 0.477. The minimum Gasteiger partial charge on any atom is -0.462 e. The number of rotatable bonds is 3. The molecule has 0 aliphatic rings. The third-order valence-corrected chi connectivity index (χ3v) is 0.952. The molecule has 62 valence electrons. The summed E-state index contributed by atoms with van der Waals surface area (Å²) in [7, 11) is 0. The Morgan fingerprint density at radius 1 is 1.73 bits per heavy atom. The van der Waals surface area contributed by atoms with Crippen molar-refractivity contribution >= 4 is 11.8 Å². The molecule has 0 fully saturated rings. The Balaban J connectivity index is 4.29. The molecular weight excluding hydrogens is 146 g/mol. The van der Waals surface area contributed by atoms with Crippen LogP contribution in [0.3, 0.4) is 0 Å². The fraction of sp³-hybridized carbons (Fsp3) is 0.333. The molecule has 0 unspecified atom stereocenters. The van der Waals surface area contributed by atoms with Gasteiger partial charge in [0.05, 0.1) is 6.61 Å². The first kappa shape index (κ1) is 9.48. The number of ether oxygens (including phenoxy) is 1. The summed E-state index contributed by atoms with van der Waals surface area (Å²) in [5.41, 5.74) is 9.93. The molecule has 5 heteroatoms. The van der Waals surface area contributed by atoms with Crippen molar-refractivity contribution in [3.8, 4) is 0 Å². The first-order valence-corrected chi connectivity index (χ1v) is 3.06. The average Bonchev–Trinajstić information content (AvgIpc) is 1.88. The number of hydrogen-bond donors (Lipinski definition) is 3. The quantitative estimate of drug-likeness (QED) is 0.219. The van der Waals surface area contributed by atoms with Crippen molar-refractivity contribution in [3.05, 3.63) is 11.8 Å². The van der Waals surface area contributed by atoms with E-state index >= 15 is 0 Å². The zero-order valence-electron chi connectivity index (χ0n) is 6.26. The highest BCUT2D eigenvalue weighted by Gasteiger charge is 2.11. The molecule has 0 spiro atoms. The fourth-order valence-corrected chi connectivity index (χ4v) is 0.477. The highest BCUT2D eigenvalue weighted by molar-refractivity contribution is 6.16. The van der Waals surface area contributed by atoms with Crippen LogP contribution in [0.1, 0.15) is 6.92 Å². The average molecular weight is 157 g/mol. The Morgan fingerprint density at radius 3 is 2.55 bits per heavy atom. The summed E-state index contributed by atoms with van der Waals surface area (Å²) in [5, 5.41) is 6.89. The summed E-state index contributed by atoms with van der Waals surface area (Å²) in [6.45, 7) is 1.90. The predicted molar refractivity (Wildman–Crippen MR) is 40.8 cm³/mol. The zero-order chi connectivity index (χ0) is 8.85. The van der Waals surface area contributed by atoms with Crippen molar-refractivity contribution in [1.29, 1.82) is 5.41 Å². The van der Waals surface area contributed by atoms with Crippen LogP contribution in [0.2, 0.25) is 0 Å². The van der Waals surface area contributed by atoms with E-state index in [9.17, 15) is 4.79 Å². The van der Waals surface area contributed by atoms with Gasteiger partial charge >= 0.3 is 5.97 Å². The van der Waals surface area contributed by atoms with Gasteiger partial charge in [-0.25, -0.2) is 4.79 Å². The topological polar surface area (TPSA) is 102 Å². The van der Waals surface area contributed by atoms with Gasteiger partial charge < -0.3 is 16.2 Å². The number of hydrogen-bond acceptors (Lipinski definition) is 4. The molecular formula is C6H11N3O2. The monoisotopic (exact) mass is 157 g/mol. The molecule has 0 saturated heterocycles. The smallest absolute Gasteiger partial charge is 0.343 e. The number of esters is 1. The van der Waals surface area contributed by atoms with E-state index in [0.717, 1.165) is 6.20 Å². The van der Waals surface area contributed by atoms with E-state index in [4.69, 9.17) is 16.9 Å². The van der Waals surface area contributed by atoms with Crippen LogP contribution in [0.5, 0.6) is 0 Å². The second-order valence-electron chi connectivity index (χ2n) is 1.71. The van der Waals surface area contributed by atoms with Crippen LogP contribution in [0.15, 0.2) is 11.8 Å². The van der Waals surface area contributed by atoms with Gasteiger partial charge in [0.1, 0.15) is 11.4 Å². The summed E-state index contributed by atoms with van der Waals surface area (Å²) in [6.07, 6.45) is 0.959. The van der Waals surface area contributed by atoms with Gasteiger partial charge in [-0.1, -0.05) is 0 Å². The zero-order valence-corrected chi connectivity index (χ0v) is 6.26. The molecule has 0 aromatic rings. The molecule has 5 nitrogen and oxygen atoms in total. The maximum atomic E-state index is 10.8. The Morgan fingerprint density at radius 2 is 2.27 bits per heavy atom. The Bertz CT molecular complexity index is 198. The van der Waals surface area contributed by atoms with Gasteiger partial charge in [-0.15, -0.1) is 0 Å². The predicted octanol–water partition coefficient (Wildman–Crippen LogP) is -0.672. The van der Waals surface area contributed by atoms with E-state index in [0.29, 0.717) is 0 Å². The molecule has 5 N–H and O–H groups in total. The Labute approximate surface area is 64.5 Å². The van der Waals surface area contributed by atoms with E-state index in [2.05, 4.69) is 4.74 Å². The molecule has 0 rings (SSSR count). The largest absolute Gasteiger partial charge is 0.462 e. The van der Waals surface area contributed by atoms with Gasteiger partial charge in [0.15, 0.2) is 0 Å². The summed E-state index contributed by atoms with van der Waals surface area (Å²) >= 11 is 0. The van der Waals surface area contributed by atoms with Crippen LogP contribution in [0.4, 0.5) is 0 Å². The molecule has 0 aromatic heterocycles. The molecule has 0 amide bonds. The minimum atomic E-state index is -0.664. The number of nitrogens with two attached hydrogens (primary N) is 2. The van der Waals surface area contributed by atoms with Crippen molar-refractivity contribution in [2.24, 2.45) is 11.5 Å². The second kappa shape index (κ2) is 4.32. The van der Waals surface area contributed by atoms with Gasteiger partial charge in [0.2, 0.25) is 0 Å².